The molecule has 0 aliphatic heterocycles. The Balaban J connectivity index is 2.71. The SMILES string of the molecule is NCCc1c(C(F)(F)Br)[nH]c2ccc(F)cc12. The predicted molar refractivity (Wildman–Crippen MR) is 63.8 cm³/mol. The highest BCUT2D eigenvalue weighted by molar-refractivity contribution is 9.09. The molecule has 0 fully saturated rings. The highest BCUT2D eigenvalue weighted by Crippen LogP contribution is 2.39. The Labute approximate surface area is 104 Å². The summed E-state index contributed by atoms with van der Waals surface area (Å²) < 4.78 is 39.8. The number of benzene rings is 1. The van der Waals surface area contributed by atoms with Gasteiger partial charge in [0.05, 0.1) is 0 Å². The van der Waals surface area contributed by atoms with Crippen LogP contribution >= 0.6 is 15.9 Å². The minimum absolute atomic E-state index is 0.222. The van der Waals surface area contributed by atoms with E-state index in [0.29, 0.717) is 16.5 Å². The maximum Gasteiger partial charge on any atom is 0.341 e. The summed E-state index contributed by atoms with van der Waals surface area (Å²) in [5.41, 5.74) is 5.96. The molecule has 0 unspecified atom stereocenters. The molecule has 0 saturated carbocycles. The number of hydrogen-bond donors (Lipinski definition) is 2. The van der Waals surface area contributed by atoms with Gasteiger partial charge in [-0.3, -0.25) is 0 Å². The molecule has 0 bridgehead atoms. The number of hydrogen-bond acceptors (Lipinski definition) is 1. The molecule has 1 heterocycles. The lowest BCUT2D eigenvalue weighted by Gasteiger charge is -2.09. The topological polar surface area (TPSA) is 41.8 Å². The molecule has 0 aliphatic rings. The highest BCUT2D eigenvalue weighted by Gasteiger charge is 2.32. The maximum atomic E-state index is 13.3. The normalized spacial score (nSPS) is 12.3. The van der Waals surface area contributed by atoms with Crippen LogP contribution in [0.1, 0.15) is 11.3 Å². The Kier molecular flexibility index (Phi) is 3.18. The largest absolute Gasteiger partial charge is 0.352 e. The van der Waals surface area contributed by atoms with Gasteiger partial charge in [-0.05, 0) is 52.7 Å². The second kappa shape index (κ2) is 4.34. The number of aromatic amines is 1. The van der Waals surface area contributed by atoms with Crippen LogP contribution in [-0.2, 0) is 11.3 Å². The number of fused-ring (bicyclic) bond motifs is 1. The first-order valence-corrected chi connectivity index (χ1v) is 5.80. The van der Waals surface area contributed by atoms with Crippen LogP contribution in [0, 0.1) is 5.82 Å². The van der Waals surface area contributed by atoms with Gasteiger partial charge in [0.15, 0.2) is 0 Å². The van der Waals surface area contributed by atoms with E-state index >= 15 is 0 Å². The lowest BCUT2D eigenvalue weighted by molar-refractivity contribution is 0.109. The lowest BCUT2D eigenvalue weighted by Crippen LogP contribution is -2.10. The smallest absolute Gasteiger partial charge is 0.341 e. The van der Waals surface area contributed by atoms with Gasteiger partial charge in [-0.25, -0.2) is 4.39 Å². The van der Waals surface area contributed by atoms with Gasteiger partial charge in [-0.2, -0.15) is 8.78 Å². The van der Waals surface area contributed by atoms with Gasteiger partial charge in [0.2, 0.25) is 0 Å². The molecular formula is C11H10BrF3N2. The van der Waals surface area contributed by atoms with E-state index in [2.05, 4.69) is 20.9 Å². The molecule has 17 heavy (non-hydrogen) atoms. The van der Waals surface area contributed by atoms with Gasteiger partial charge >= 0.3 is 4.83 Å². The van der Waals surface area contributed by atoms with Crippen LogP contribution in [-0.4, -0.2) is 11.5 Å². The molecule has 3 N–H and O–H groups in total. The number of rotatable bonds is 3. The summed E-state index contributed by atoms with van der Waals surface area (Å²) in [5, 5.41) is 0.449. The standard InChI is InChI=1S/C11H10BrF3N2/c12-11(14,15)10-7(3-4-16)8-5-6(13)1-2-9(8)17-10/h1-2,5,17H,3-4,16H2. The molecule has 1 aromatic heterocycles. The van der Waals surface area contributed by atoms with Crippen LogP contribution in [0.5, 0.6) is 0 Å². The van der Waals surface area contributed by atoms with E-state index in [4.69, 9.17) is 5.73 Å². The predicted octanol–water partition coefficient (Wildman–Crippen LogP) is 3.25. The fourth-order valence-electron chi connectivity index (χ4n) is 1.87. The third kappa shape index (κ3) is 2.32. The van der Waals surface area contributed by atoms with Crippen LogP contribution < -0.4 is 5.73 Å². The average molecular weight is 307 g/mol. The van der Waals surface area contributed by atoms with Gasteiger partial charge in [-0.15, -0.1) is 0 Å². The van der Waals surface area contributed by atoms with Gasteiger partial charge in [0.1, 0.15) is 11.5 Å². The molecule has 0 atom stereocenters. The van der Waals surface area contributed by atoms with Crippen molar-refractivity contribution in [2.24, 2.45) is 5.73 Å². The Morgan fingerprint density at radius 2 is 2.06 bits per heavy atom. The molecule has 0 aliphatic carbocycles. The minimum Gasteiger partial charge on any atom is -0.352 e. The molecule has 0 saturated heterocycles. The van der Waals surface area contributed by atoms with Crippen molar-refractivity contribution in [1.82, 2.24) is 4.98 Å². The van der Waals surface area contributed by atoms with Crippen LogP contribution in [0.15, 0.2) is 18.2 Å². The molecule has 2 nitrogen and oxygen atoms in total. The molecule has 92 valence electrons. The maximum absolute atomic E-state index is 13.3. The molecule has 2 aromatic rings. The van der Waals surface area contributed by atoms with Crippen molar-refractivity contribution in [3.63, 3.8) is 0 Å². The van der Waals surface area contributed by atoms with Crippen LogP contribution in [0.3, 0.4) is 0 Å². The van der Waals surface area contributed by atoms with E-state index in [0.717, 1.165) is 0 Å². The first-order valence-electron chi connectivity index (χ1n) is 5.01. The van der Waals surface area contributed by atoms with Crippen molar-refractivity contribution in [2.75, 3.05) is 6.54 Å². The Bertz CT molecular complexity index is 545. The fraction of sp³-hybridized carbons (Fsp3) is 0.273. The summed E-state index contributed by atoms with van der Waals surface area (Å²) in [7, 11) is 0. The lowest BCUT2D eigenvalue weighted by atomic mass is 10.1. The summed E-state index contributed by atoms with van der Waals surface area (Å²) in [4.78, 5) is -0.577. The second-order valence-electron chi connectivity index (χ2n) is 3.70. The monoisotopic (exact) mass is 306 g/mol. The van der Waals surface area contributed by atoms with E-state index in [9.17, 15) is 13.2 Å². The number of nitrogens with two attached hydrogens (primary N) is 1. The molecule has 2 rings (SSSR count). The van der Waals surface area contributed by atoms with Crippen LogP contribution in [0.25, 0.3) is 10.9 Å². The van der Waals surface area contributed by atoms with Crippen molar-refractivity contribution >= 4 is 26.8 Å². The minimum atomic E-state index is -3.17. The van der Waals surface area contributed by atoms with Gasteiger partial charge in [0, 0.05) is 10.9 Å². The zero-order valence-electron chi connectivity index (χ0n) is 8.74. The molecule has 0 radical (unpaired) electrons. The summed E-state index contributed by atoms with van der Waals surface area (Å²) >= 11 is 2.30. The second-order valence-corrected chi connectivity index (χ2v) is 4.70. The summed E-state index contributed by atoms with van der Waals surface area (Å²) in [6.07, 6.45) is 0.264. The van der Waals surface area contributed by atoms with E-state index < -0.39 is 10.6 Å². The fourth-order valence-corrected chi connectivity index (χ4v) is 2.20. The molecule has 1 aromatic carbocycles. The van der Waals surface area contributed by atoms with Crippen LogP contribution in [0.4, 0.5) is 13.2 Å². The van der Waals surface area contributed by atoms with Gasteiger partial charge in [-0.1, -0.05) is 0 Å². The molecule has 6 heteroatoms. The van der Waals surface area contributed by atoms with Crippen molar-refractivity contribution in [3.8, 4) is 0 Å². The molecule has 0 amide bonds. The number of halogens is 4. The third-order valence-corrected chi connectivity index (χ3v) is 2.94. The highest BCUT2D eigenvalue weighted by atomic mass is 79.9. The van der Waals surface area contributed by atoms with Crippen molar-refractivity contribution < 1.29 is 13.2 Å². The molecule has 0 spiro atoms. The quantitative estimate of drug-likeness (QED) is 0.840. The number of nitrogens with one attached hydrogen (secondary N) is 1. The van der Waals surface area contributed by atoms with Crippen LogP contribution in [0.2, 0.25) is 0 Å². The van der Waals surface area contributed by atoms with Crippen molar-refractivity contribution in [3.05, 3.63) is 35.3 Å². The average Bonchev–Trinajstić information content (AvgIpc) is 2.57. The van der Waals surface area contributed by atoms with E-state index in [1.807, 2.05) is 0 Å². The Morgan fingerprint density at radius 1 is 1.35 bits per heavy atom. The number of H-pyrrole nitrogens is 1. The third-order valence-electron chi connectivity index (χ3n) is 2.55. The van der Waals surface area contributed by atoms with Gasteiger partial charge in [0.25, 0.3) is 0 Å². The summed E-state index contributed by atoms with van der Waals surface area (Å²) in [5.74, 6) is -0.459. The zero-order valence-corrected chi connectivity index (χ0v) is 10.3. The van der Waals surface area contributed by atoms with Crippen molar-refractivity contribution in [1.29, 1.82) is 0 Å². The first kappa shape index (κ1) is 12.4. The van der Waals surface area contributed by atoms with E-state index in [1.165, 1.54) is 18.2 Å². The van der Waals surface area contributed by atoms with E-state index in [-0.39, 0.29) is 18.7 Å². The Hall–Kier alpha value is -1.01. The zero-order chi connectivity index (χ0) is 12.6. The van der Waals surface area contributed by atoms with E-state index in [1.54, 1.807) is 0 Å². The van der Waals surface area contributed by atoms with Gasteiger partial charge < -0.3 is 10.7 Å². The van der Waals surface area contributed by atoms with Crippen molar-refractivity contribution in [2.45, 2.75) is 11.3 Å². The molecular weight excluding hydrogens is 297 g/mol. The summed E-state index contributed by atoms with van der Waals surface area (Å²) in [6, 6.07) is 3.90. The number of alkyl halides is 3. The first-order chi connectivity index (χ1) is 7.93. The summed E-state index contributed by atoms with van der Waals surface area (Å²) in [6.45, 7) is 0.222. The number of aromatic nitrogens is 1. The Morgan fingerprint density at radius 3 is 2.65 bits per heavy atom.